The average molecular weight is 500 g/mol. The smallest absolute Gasteiger partial charge is 0.315 e. The number of hydrogen-bond acceptors (Lipinski definition) is 5. The Morgan fingerprint density at radius 1 is 0.946 bits per heavy atom. The van der Waals surface area contributed by atoms with Crippen molar-refractivity contribution in [1.29, 1.82) is 0 Å². The SMILES string of the molecule is CC1=NC2=C(C(=O)CC(c3ccccc3)C2)C(c2ccccc2OC(C)C)C1C(=O)OC1CCCCC1. The number of rotatable bonds is 6. The van der Waals surface area contributed by atoms with Gasteiger partial charge in [0.25, 0.3) is 0 Å². The highest BCUT2D eigenvalue weighted by molar-refractivity contribution is 6.09. The predicted octanol–water partition coefficient (Wildman–Crippen LogP) is 6.92. The summed E-state index contributed by atoms with van der Waals surface area (Å²) in [7, 11) is 0. The summed E-state index contributed by atoms with van der Waals surface area (Å²) >= 11 is 0. The summed E-state index contributed by atoms with van der Waals surface area (Å²) in [6.45, 7) is 5.88. The fourth-order valence-electron chi connectivity index (χ4n) is 6.18. The van der Waals surface area contributed by atoms with Crippen LogP contribution in [0.2, 0.25) is 0 Å². The number of carbonyl (C=O) groups excluding carboxylic acids is 2. The molecule has 0 amide bonds. The van der Waals surface area contributed by atoms with Crippen LogP contribution >= 0.6 is 0 Å². The van der Waals surface area contributed by atoms with Crippen LogP contribution in [0, 0.1) is 5.92 Å². The molecule has 1 saturated carbocycles. The van der Waals surface area contributed by atoms with Crippen molar-refractivity contribution in [3.05, 3.63) is 77.0 Å². The number of ether oxygens (including phenoxy) is 2. The fraction of sp³-hybridized carbons (Fsp3) is 0.469. The third kappa shape index (κ3) is 5.41. The molecule has 3 unspecified atom stereocenters. The van der Waals surface area contributed by atoms with Gasteiger partial charge in [0.1, 0.15) is 17.8 Å². The average Bonchev–Trinajstić information content (AvgIpc) is 2.89. The van der Waals surface area contributed by atoms with E-state index >= 15 is 0 Å². The van der Waals surface area contributed by atoms with Crippen LogP contribution in [0.5, 0.6) is 5.75 Å². The second kappa shape index (κ2) is 11.0. The Hall–Kier alpha value is -3.21. The molecule has 2 aliphatic carbocycles. The van der Waals surface area contributed by atoms with E-state index in [-0.39, 0.29) is 29.9 Å². The third-order valence-corrected chi connectivity index (χ3v) is 7.87. The van der Waals surface area contributed by atoms with E-state index in [9.17, 15) is 9.59 Å². The molecule has 37 heavy (non-hydrogen) atoms. The van der Waals surface area contributed by atoms with Gasteiger partial charge in [-0.1, -0.05) is 55.0 Å². The molecular weight excluding hydrogens is 462 g/mol. The topological polar surface area (TPSA) is 65.0 Å². The number of para-hydroxylation sites is 1. The molecule has 3 atom stereocenters. The van der Waals surface area contributed by atoms with Gasteiger partial charge < -0.3 is 9.47 Å². The van der Waals surface area contributed by atoms with Crippen LogP contribution in [0.15, 0.2) is 70.9 Å². The summed E-state index contributed by atoms with van der Waals surface area (Å²) in [5, 5.41) is 0. The maximum absolute atomic E-state index is 13.9. The summed E-state index contributed by atoms with van der Waals surface area (Å²) < 4.78 is 12.3. The van der Waals surface area contributed by atoms with Crippen molar-refractivity contribution in [2.75, 3.05) is 0 Å². The largest absolute Gasteiger partial charge is 0.491 e. The van der Waals surface area contributed by atoms with Crippen molar-refractivity contribution in [2.45, 2.75) is 89.8 Å². The van der Waals surface area contributed by atoms with Gasteiger partial charge in [0, 0.05) is 34.9 Å². The highest BCUT2D eigenvalue weighted by Crippen LogP contribution is 2.49. The zero-order chi connectivity index (χ0) is 25.9. The molecule has 2 aromatic carbocycles. The van der Waals surface area contributed by atoms with E-state index in [2.05, 4.69) is 12.1 Å². The van der Waals surface area contributed by atoms with Crippen LogP contribution in [-0.2, 0) is 14.3 Å². The van der Waals surface area contributed by atoms with Crippen LogP contribution in [-0.4, -0.2) is 29.7 Å². The molecule has 194 valence electrons. The Balaban J connectivity index is 1.57. The van der Waals surface area contributed by atoms with Gasteiger partial charge in [-0.05, 0) is 70.4 Å². The molecule has 0 saturated heterocycles. The van der Waals surface area contributed by atoms with E-state index < -0.39 is 11.8 Å². The van der Waals surface area contributed by atoms with Gasteiger partial charge in [-0.3, -0.25) is 14.6 Å². The monoisotopic (exact) mass is 499 g/mol. The van der Waals surface area contributed by atoms with Gasteiger partial charge in [-0.25, -0.2) is 0 Å². The summed E-state index contributed by atoms with van der Waals surface area (Å²) in [6.07, 6.45) is 6.14. The highest BCUT2D eigenvalue weighted by Gasteiger charge is 2.46. The van der Waals surface area contributed by atoms with Crippen molar-refractivity contribution in [3.63, 3.8) is 0 Å². The number of allylic oxidation sites excluding steroid dienone is 2. The second-order valence-corrected chi connectivity index (χ2v) is 10.9. The zero-order valence-corrected chi connectivity index (χ0v) is 22.1. The summed E-state index contributed by atoms with van der Waals surface area (Å²) in [4.78, 5) is 32.6. The van der Waals surface area contributed by atoms with E-state index in [1.807, 2.05) is 63.2 Å². The molecule has 1 fully saturated rings. The predicted molar refractivity (Wildman–Crippen MR) is 145 cm³/mol. The molecule has 5 nitrogen and oxygen atoms in total. The van der Waals surface area contributed by atoms with E-state index in [0.29, 0.717) is 29.9 Å². The van der Waals surface area contributed by atoms with Crippen molar-refractivity contribution in [3.8, 4) is 5.75 Å². The van der Waals surface area contributed by atoms with Crippen LogP contribution in [0.4, 0.5) is 0 Å². The van der Waals surface area contributed by atoms with E-state index in [1.165, 1.54) is 6.42 Å². The lowest BCUT2D eigenvalue weighted by Crippen LogP contribution is -2.39. The van der Waals surface area contributed by atoms with Gasteiger partial charge >= 0.3 is 5.97 Å². The van der Waals surface area contributed by atoms with Crippen LogP contribution in [0.3, 0.4) is 0 Å². The fourth-order valence-corrected chi connectivity index (χ4v) is 6.18. The minimum Gasteiger partial charge on any atom is -0.491 e. The second-order valence-electron chi connectivity index (χ2n) is 10.9. The first-order valence-electron chi connectivity index (χ1n) is 13.7. The molecule has 1 aliphatic heterocycles. The minimum absolute atomic E-state index is 0.0369. The summed E-state index contributed by atoms with van der Waals surface area (Å²) in [5.41, 5.74) is 4.17. The molecule has 0 radical (unpaired) electrons. The quantitative estimate of drug-likeness (QED) is 0.405. The minimum atomic E-state index is -0.644. The number of aliphatic imine (C=N–C) groups is 1. The Morgan fingerprint density at radius 3 is 2.38 bits per heavy atom. The van der Waals surface area contributed by atoms with Gasteiger partial charge in [0.05, 0.1) is 6.10 Å². The maximum atomic E-state index is 13.9. The van der Waals surface area contributed by atoms with Crippen molar-refractivity contribution >= 4 is 17.5 Å². The number of Topliss-reactive ketones (excluding diaryl/α,β-unsaturated/α-hetero) is 1. The lowest BCUT2D eigenvalue weighted by atomic mass is 9.69. The Bertz CT molecular complexity index is 1210. The van der Waals surface area contributed by atoms with Crippen molar-refractivity contribution in [2.24, 2.45) is 10.9 Å². The summed E-state index contributed by atoms with van der Waals surface area (Å²) in [6, 6.07) is 18.0. The number of esters is 1. The van der Waals surface area contributed by atoms with Crippen molar-refractivity contribution in [1.82, 2.24) is 0 Å². The van der Waals surface area contributed by atoms with Gasteiger partial charge in [-0.15, -0.1) is 0 Å². The van der Waals surface area contributed by atoms with E-state index in [4.69, 9.17) is 14.5 Å². The third-order valence-electron chi connectivity index (χ3n) is 7.87. The van der Waals surface area contributed by atoms with Gasteiger partial charge in [0.15, 0.2) is 5.78 Å². The van der Waals surface area contributed by atoms with Gasteiger partial charge in [-0.2, -0.15) is 0 Å². The molecule has 0 bridgehead atoms. The molecule has 0 spiro atoms. The normalized spacial score (nSPS) is 24.5. The van der Waals surface area contributed by atoms with E-state index in [1.54, 1.807) is 0 Å². The molecule has 5 rings (SSSR count). The number of ketones is 1. The first kappa shape index (κ1) is 25.4. The Kier molecular flexibility index (Phi) is 7.59. The lowest BCUT2D eigenvalue weighted by molar-refractivity contribution is -0.153. The molecule has 5 heteroatoms. The first-order chi connectivity index (χ1) is 17.9. The molecule has 3 aliphatic rings. The Labute approximate surface area is 220 Å². The number of hydrogen-bond donors (Lipinski definition) is 0. The highest BCUT2D eigenvalue weighted by atomic mass is 16.5. The van der Waals surface area contributed by atoms with Gasteiger partial charge in [0.2, 0.25) is 0 Å². The molecule has 0 N–H and O–H groups in total. The van der Waals surface area contributed by atoms with Crippen LogP contribution in [0.25, 0.3) is 0 Å². The van der Waals surface area contributed by atoms with E-state index in [0.717, 1.165) is 42.5 Å². The number of nitrogens with zero attached hydrogens (tertiary/aromatic N) is 1. The lowest BCUT2D eigenvalue weighted by Gasteiger charge is -2.37. The molecule has 2 aromatic rings. The summed E-state index contributed by atoms with van der Waals surface area (Å²) in [5.74, 6) is -0.541. The molecule has 1 heterocycles. The number of benzene rings is 2. The first-order valence-corrected chi connectivity index (χ1v) is 13.7. The standard InChI is InChI=1S/C32H37NO4/c1-20(2)36-28-17-11-10-16-25(28)30-29(32(35)37-24-14-8-5-9-15-24)21(3)33-26-18-23(19-27(34)31(26)30)22-12-6-4-7-13-22/h4,6-7,10-13,16-17,20,23-24,29-30H,5,8-9,14-15,18-19H2,1-3H3. The van der Waals surface area contributed by atoms with Crippen LogP contribution in [0.1, 0.15) is 88.7 Å². The van der Waals surface area contributed by atoms with Crippen LogP contribution < -0.4 is 4.74 Å². The number of carbonyl (C=O) groups is 2. The molecular formula is C32H37NO4. The zero-order valence-electron chi connectivity index (χ0n) is 22.1. The Morgan fingerprint density at radius 2 is 1.65 bits per heavy atom. The van der Waals surface area contributed by atoms with Crippen molar-refractivity contribution < 1.29 is 19.1 Å². The maximum Gasteiger partial charge on any atom is 0.315 e. The molecule has 0 aromatic heterocycles.